The highest BCUT2D eigenvalue weighted by molar-refractivity contribution is 6.03. The molecule has 0 aliphatic heterocycles. The predicted molar refractivity (Wildman–Crippen MR) is 86.9 cm³/mol. The van der Waals surface area contributed by atoms with Crippen molar-refractivity contribution in [1.29, 1.82) is 0 Å². The minimum absolute atomic E-state index is 0.254. The fourth-order valence-electron chi connectivity index (χ4n) is 2.19. The van der Waals surface area contributed by atoms with Crippen molar-refractivity contribution >= 4 is 11.6 Å². The maximum atomic E-state index is 12.3. The topological polar surface area (TPSA) is 79.9 Å². The minimum Gasteiger partial charge on any atom is -0.380 e. The van der Waals surface area contributed by atoms with E-state index in [4.69, 9.17) is 4.74 Å². The van der Waals surface area contributed by atoms with E-state index < -0.39 is 0 Å². The highest BCUT2D eigenvalue weighted by atomic mass is 16.5. The lowest BCUT2D eigenvalue weighted by Crippen LogP contribution is -2.13. The quantitative estimate of drug-likeness (QED) is 0.759. The number of anilines is 1. The third-order valence-electron chi connectivity index (χ3n) is 3.30. The van der Waals surface area contributed by atoms with Crippen molar-refractivity contribution in [2.45, 2.75) is 6.61 Å². The Hall–Kier alpha value is -2.99. The number of carbonyl (C=O) groups excluding carboxylic acids is 1. The van der Waals surface area contributed by atoms with Crippen LogP contribution in [-0.4, -0.2) is 28.2 Å². The molecule has 0 aliphatic carbocycles. The maximum Gasteiger partial charge on any atom is 0.274 e. The molecular weight excluding hydrogens is 292 g/mol. The van der Waals surface area contributed by atoms with Crippen molar-refractivity contribution in [2.75, 3.05) is 12.4 Å². The molecule has 0 atom stereocenters. The highest BCUT2D eigenvalue weighted by Crippen LogP contribution is 2.20. The van der Waals surface area contributed by atoms with Crippen LogP contribution in [0.5, 0.6) is 0 Å². The summed E-state index contributed by atoms with van der Waals surface area (Å²) in [6.07, 6.45) is 3.32. The number of methoxy groups -OCH3 is 1. The van der Waals surface area contributed by atoms with Crippen LogP contribution in [0, 0.1) is 0 Å². The number of rotatable bonds is 5. The molecule has 23 heavy (non-hydrogen) atoms. The molecule has 0 spiro atoms. The lowest BCUT2D eigenvalue weighted by molar-refractivity contribution is 0.102. The zero-order valence-corrected chi connectivity index (χ0v) is 12.6. The van der Waals surface area contributed by atoms with E-state index in [1.54, 1.807) is 25.6 Å². The summed E-state index contributed by atoms with van der Waals surface area (Å²) in [7, 11) is 1.62. The van der Waals surface area contributed by atoms with Gasteiger partial charge in [-0.05, 0) is 29.8 Å². The van der Waals surface area contributed by atoms with Crippen molar-refractivity contribution in [1.82, 2.24) is 15.2 Å². The van der Waals surface area contributed by atoms with Crippen molar-refractivity contribution < 1.29 is 9.53 Å². The fraction of sp³-hybridized carbons (Fsp3) is 0.118. The number of nitrogens with one attached hydrogen (secondary N) is 2. The van der Waals surface area contributed by atoms with Crippen molar-refractivity contribution in [3.8, 4) is 11.3 Å². The monoisotopic (exact) mass is 308 g/mol. The van der Waals surface area contributed by atoms with Gasteiger partial charge in [-0.2, -0.15) is 5.10 Å². The van der Waals surface area contributed by atoms with Crippen molar-refractivity contribution in [3.05, 3.63) is 66.1 Å². The van der Waals surface area contributed by atoms with Gasteiger partial charge >= 0.3 is 0 Å². The summed E-state index contributed by atoms with van der Waals surface area (Å²) in [6, 6.07) is 12.9. The van der Waals surface area contributed by atoms with Crippen LogP contribution in [0.2, 0.25) is 0 Å². The van der Waals surface area contributed by atoms with Gasteiger partial charge in [-0.25, -0.2) is 0 Å². The van der Waals surface area contributed by atoms with E-state index >= 15 is 0 Å². The summed E-state index contributed by atoms with van der Waals surface area (Å²) in [5, 5.41) is 9.67. The first kappa shape index (κ1) is 14.9. The Morgan fingerprint density at radius 1 is 1.26 bits per heavy atom. The highest BCUT2D eigenvalue weighted by Gasteiger charge is 2.08. The van der Waals surface area contributed by atoms with E-state index in [-0.39, 0.29) is 5.91 Å². The molecule has 0 aliphatic rings. The Labute approximate surface area is 133 Å². The van der Waals surface area contributed by atoms with Gasteiger partial charge in [0, 0.05) is 30.8 Å². The van der Waals surface area contributed by atoms with Crippen molar-refractivity contribution in [3.63, 3.8) is 0 Å². The zero-order chi connectivity index (χ0) is 16.1. The van der Waals surface area contributed by atoms with Gasteiger partial charge in [-0.1, -0.05) is 18.2 Å². The Morgan fingerprint density at radius 3 is 2.87 bits per heavy atom. The molecule has 6 heteroatoms. The van der Waals surface area contributed by atoms with Gasteiger partial charge in [-0.3, -0.25) is 14.9 Å². The average Bonchev–Trinajstić information content (AvgIpc) is 3.11. The number of hydrogen-bond acceptors (Lipinski definition) is 4. The first-order valence-electron chi connectivity index (χ1n) is 7.11. The predicted octanol–water partition coefficient (Wildman–Crippen LogP) is 2.87. The van der Waals surface area contributed by atoms with E-state index in [0.29, 0.717) is 18.0 Å². The van der Waals surface area contributed by atoms with Gasteiger partial charge < -0.3 is 10.1 Å². The molecule has 2 N–H and O–H groups in total. The second kappa shape index (κ2) is 6.85. The number of aromatic amines is 1. The van der Waals surface area contributed by atoms with Gasteiger partial charge in [-0.15, -0.1) is 0 Å². The van der Waals surface area contributed by atoms with Gasteiger partial charge in [0.05, 0.1) is 12.3 Å². The van der Waals surface area contributed by atoms with E-state index in [2.05, 4.69) is 20.5 Å². The number of H-pyrrole nitrogens is 1. The standard InChI is InChI=1S/C17H16N4O2/c1-23-11-12-5-6-16(18-10-12)17(22)20-14-4-2-3-13(9-14)15-7-8-19-21-15/h2-10H,11H2,1H3,(H,19,21)(H,20,22). The first-order valence-corrected chi connectivity index (χ1v) is 7.11. The summed E-state index contributed by atoms with van der Waals surface area (Å²) in [6.45, 7) is 0.473. The van der Waals surface area contributed by atoms with Crippen LogP contribution in [0.25, 0.3) is 11.3 Å². The second-order valence-electron chi connectivity index (χ2n) is 4.99. The molecule has 3 rings (SSSR count). The molecule has 0 bridgehead atoms. The lowest BCUT2D eigenvalue weighted by Gasteiger charge is -2.07. The maximum absolute atomic E-state index is 12.3. The summed E-state index contributed by atoms with van der Waals surface area (Å²) in [5.41, 5.74) is 3.82. The summed E-state index contributed by atoms with van der Waals surface area (Å²) in [4.78, 5) is 16.4. The van der Waals surface area contributed by atoms with Crippen LogP contribution < -0.4 is 5.32 Å². The summed E-state index contributed by atoms with van der Waals surface area (Å²) >= 11 is 0. The molecule has 1 amide bonds. The minimum atomic E-state index is -0.254. The van der Waals surface area contributed by atoms with Crippen LogP contribution in [-0.2, 0) is 11.3 Å². The Bertz CT molecular complexity index is 783. The fourth-order valence-corrected chi connectivity index (χ4v) is 2.19. The molecular formula is C17H16N4O2. The van der Waals surface area contributed by atoms with Crippen LogP contribution in [0.3, 0.4) is 0 Å². The Morgan fingerprint density at radius 2 is 2.17 bits per heavy atom. The van der Waals surface area contributed by atoms with E-state index in [0.717, 1.165) is 16.8 Å². The second-order valence-corrected chi connectivity index (χ2v) is 4.99. The molecule has 6 nitrogen and oxygen atoms in total. The molecule has 3 aromatic rings. The largest absolute Gasteiger partial charge is 0.380 e. The molecule has 0 saturated heterocycles. The SMILES string of the molecule is COCc1ccc(C(=O)Nc2cccc(-c3ccn[nH]3)c2)nc1. The number of nitrogens with zero attached hydrogens (tertiary/aromatic N) is 2. The molecule has 2 aromatic heterocycles. The van der Waals surface area contributed by atoms with E-state index in [9.17, 15) is 4.79 Å². The molecule has 0 saturated carbocycles. The number of pyridine rings is 1. The van der Waals surface area contributed by atoms with E-state index in [1.165, 1.54) is 0 Å². The van der Waals surface area contributed by atoms with Gasteiger partial charge in [0.15, 0.2) is 0 Å². The zero-order valence-electron chi connectivity index (χ0n) is 12.6. The number of amides is 1. The third-order valence-corrected chi connectivity index (χ3v) is 3.30. The average molecular weight is 308 g/mol. The third kappa shape index (κ3) is 3.61. The Balaban J connectivity index is 1.73. The number of carbonyl (C=O) groups is 1. The van der Waals surface area contributed by atoms with Gasteiger partial charge in [0.2, 0.25) is 0 Å². The smallest absolute Gasteiger partial charge is 0.274 e. The van der Waals surface area contributed by atoms with Crippen LogP contribution >= 0.6 is 0 Å². The normalized spacial score (nSPS) is 10.5. The summed E-state index contributed by atoms with van der Waals surface area (Å²) < 4.78 is 5.02. The van der Waals surface area contributed by atoms with Crippen LogP contribution in [0.4, 0.5) is 5.69 Å². The molecule has 116 valence electrons. The number of ether oxygens (including phenoxy) is 1. The Kier molecular flexibility index (Phi) is 4.44. The number of benzene rings is 1. The molecule has 2 heterocycles. The van der Waals surface area contributed by atoms with E-state index in [1.807, 2.05) is 36.4 Å². The number of aromatic nitrogens is 3. The summed E-state index contributed by atoms with van der Waals surface area (Å²) in [5.74, 6) is -0.254. The first-order chi connectivity index (χ1) is 11.3. The molecule has 0 radical (unpaired) electrons. The number of hydrogen-bond donors (Lipinski definition) is 2. The molecule has 0 unspecified atom stereocenters. The van der Waals surface area contributed by atoms with Crippen LogP contribution in [0.15, 0.2) is 54.9 Å². The lowest BCUT2D eigenvalue weighted by atomic mass is 10.1. The molecule has 1 aromatic carbocycles. The van der Waals surface area contributed by atoms with Gasteiger partial charge in [0.1, 0.15) is 5.69 Å². The van der Waals surface area contributed by atoms with Crippen molar-refractivity contribution in [2.24, 2.45) is 0 Å². The van der Waals surface area contributed by atoms with Gasteiger partial charge in [0.25, 0.3) is 5.91 Å². The van der Waals surface area contributed by atoms with Crippen LogP contribution in [0.1, 0.15) is 16.1 Å². The molecule has 0 fully saturated rings.